The van der Waals surface area contributed by atoms with E-state index in [1.54, 1.807) is 7.11 Å². The Morgan fingerprint density at radius 3 is 1.21 bits per heavy atom. The molecule has 0 fully saturated rings. The molecule has 0 spiro atoms. The first-order valence-corrected chi connectivity index (χ1v) is 9.29. The summed E-state index contributed by atoms with van der Waals surface area (Å²) in [6.07, 6.45) is 6.35. The number of methoxy groups -OCH3 is 1. The van der Waals surface area contributed by atoms with Crippen LogP contribution in [-0.4, -0.2) is 79.8 Å². The van der Waals surface area contributed by atoms with Gasteiger partial charge in [0.25, 0.3) is 0 Å². The van der Waals surface area contributed by atoms with Gasteiger partial charge in [0.2, 0.25) is 0 Å². The number of unbranched alkanes of at least 4 members (excludes halogenated alkanes) is 4. The van der Waals surface area contributed by atoms with Gasteiger partial charge in [0, 0.05) is 13.7 Å². The normalized spacial score (nSPS) is 11.2. The van der Waals surface area contributed by atoms with E-state index in [2.05, 4.69) is 6.92 Å². The van der Waals surface area contributed by atoms with Gasteiger partial charge >= 0.3 is 0 Å². The molecule has 0 aliphatic rings. The third-order valence-electron chi connectivity index (χ3n) is 3.31. The van der Waals surface area contributed by atoms with Crippen molar-refractivity contribution in [3.05, 3.63) is 0 Å². The van der Waals surface area contributed by atoms with E-state index in [4.69, 9.17) is 28.4 Å². The van der Waals surface area contributed by atoms with Gasteiger partial charge in [0.1, 0.15) is 0 Å². The van der Waals surface area contributed by atoms with E-state index in [1.807, 2.05) is 0 Å². The van der Waals surface area contributed by atoms with Crippen LogP contribution in [0.4, 0.5) is 0 Å². The van der Waals surface area contributed by atoms with Crippen molar-refractivity contribution in [1.29, 1.82) is 0 Å². The molecular formula is C18H38O6. The lowest BCUT2D eigenvalue weighted by atomic mass is 10.2. The summed E-state index contributed by atoms with van der Waals surface area (Å²) in [4.78, 5) is 0. The van der Waals surface area contributed by atoms with Crippen LogP contribution in [0, 0.1) is 0 Å². The van der Waals surface area contributed by atoms with E-state index in [9.17, 15) is 0 Å². The average Bonchev–Trinajstić information content (AvgIpc) is 2.60. The molecule has 0 N–H and O–H groups in total. The van der Waals surface area contributed by atoms with Crippen molar-refractivity contribution in [3.8, 4) is 0 Å². The van der Waals surface area contributed by atoms with Crippen LogP contribution in [0.5, 0.6) is 0 Å². The van der Waals surface area contributed by atoms with Crippen molar-refractivity contribution >= 4 is 0 Å². The van der Waals surface area contributed by atoms with E-state index in [0.717, 1.165) is 13.0 Å². The molecule has 0 saturated heterocycles. The predicted octanol–water partition coefficient (Wildman–Crippen LogP) is 2.69. The molecule has 24 heavy (non-hydrogen) atoms. The molecule has 0 aromatic rings. The molecule has 6 heteroatoms. The minimum absolute atomic E-state index is 0.578. The molecule has 6 nitrogen and oxygen atoms in total. The van der Waals surface area contributed by atoms with Crippen LogP contribution >= 0.6 is 0 Å². The maximum atomic E-state index is 5.52. The molecule has 0 rings (SSSR count). The third kappa shape index (κ3) is 21.8. The zero-order valence-corrected chi connectivity index (χ0v) is 15.8. The maximum Gasteiger partial charge on any atom is 0.0701 e. The molecule has 0 bridgehead atoms. The Labute approximate surface area is 148 Å². The standard InChI is InChI=1S/C18H38O6/c1-3-4-5-6-7-8-20-11-12-22-15-16-24-18-17-23-14-13-21-10-9-19-2/h3-18H2,1-2H3. The van der Waals surface area contributed by atoms with Gasteiger partial charge in [-0.15, -0.1) is 0 Å². The number of rotatable bonds is 21. The fourth-order valence-corrected chi connectivity index (χ4v) is 1.93. The molecule has 0 heterocycles. The zero-order valence-electron chi connectivity index (χ0n) is 15.8. The van der Waals surface area contributed by atoms with Gasteiger partial charge in [-0.1, -0.05) is 32.6 Å². The second kappa shape index (κ2) is 22.8. The van der Waals surface area contributed by atoms with Crippen LogP contribution in [0.25, 0.3) is 0 Å². The third-order valence-corrected chi connectivity index (χ3v) is 3.31. The zero-order chi connectivity index (χ0) is 17.6. The molecule has 0 atom stereocenters. The summed E-state index contributed by atoms with van der Waals surface area (Å²) in [6, 6.07) is 0. The van der Waals surface area contributed by atoms with Crippen molar-refractivity contribution in [1.82, 2.24) is 0 Å². The summed E-state index contributed by atoms with van der Waals surface area (Å²) < 4.78 is 31.9. The van der Waals surface area contributed by atoms with Crippen LogP contribution < -0.4 is 0 Å². The first-order chi connectivity index (χ1) is 11.9. The Hall–Kier alpha value is -0.240. The Morgan fingerprint density at radius 2 is 0.792 bits per heavy atom. The summed E-state index contributed by atoms with van der Waals surface area (Å²) in [5.74, 6) is 0. The lowest BCUT2D eigenvalue weighted by molar-refractivity contribution is -0.0148. The highest BCUT2D eigenvalue weighted by Crippen LogP contribution is 2.02. The largest absolute Gasteiger partial charge is 0.382 e. The highest BCUT2D eigenvalue weighted by atomic mass is 16.6. The van der Waals surface area contributed by atoms with Crippen LogP contribution in [0.2, 0.25) is 0 Å². The highest BCUT2D eigenvalue weighted by Gasteiger charge is 1.94. The van der Waals surface area contributed by atoms with Gasteiger partial charge in [0.05, 0.1) is 66.1 Å². The molecule has 146 valence electrons. The lowest BCUT2D eigenvalue weighted by Gasteiger charge is -2.08. The van der Waals surface area contributed by atoms with Crippen molar-refractivity contribution in [2.75, 3.05) is 79.8 Å². The fraction of sp³-hybridized carbons (Fsp3) is 1.00. The van der Waals surface area contributed by atoms with Crippen LogP contribution in [0.1, 0.15) is 39.0 Å². The van der Waals surface area contributed by atoms with Gasteiger partial charge in [-0.05, 0) is 6.42 Å². The molecule has 0 amide bonds. The summed E-state index contributed by atoms with van der Waals surface area (Å²) in [5, 5.41) is 0. The van der Waals surface area contributed by atoms with Gasteiger partial charge in [0.15, 0.2) is 0 Å². The quantitative estimate of drug-likeness (QED) is 0.297. The molecule has 0 aromatic heterocycles. The van der Waals surface area contributed by atoms with E-state index >= 15 is 0 Å². The summed E-state index contributed by atoms with van der Waals surface area (Å²) >= 11 is 0. The van der Waals surface area contributed by atoms with Gasteiger partial charge in [-0.2, -0.15) is 0 Å². The van der Waals surface area contributed by atoms with Crippen LogP contribution in [-0.2, 0) is 28.4 Å². The molecule has 0 aliphatic heterocycles. The molecule has 0 unspecified atom stereocenters. The number of ether oxygens (including phenoxy) is 6. The Morgan fingerprint density at radius 1 is 0.417 bits per heavy atom. The maximum absolute atomic E-state index is 5.52. The first kappa shape index (κ1) is 23.8. The average molecular weight is 350 g/mol. The molecule has 0 radical (unpaired) electrons. The smallest absolute Gasteiger partial charge is 0.0701 e. The van der Waals surface area contributed by atoms with E-state index in [0.29, 0.717) is 66.1 Å². The van der Waals surface area contributed by atoms with Gasteiger partial charge in [-0.25, -0.2) is 0 Å². The van der Waals surface area contributed by atoms with E-state index in [1.165, 1.54) is 25.7 Å². The summed E-state index contributed by atoms with van der Waals surface area (Å²) in [6.45, 7) is 9.11. The Balaban J connectivity index is 2.93. The SMILES string of the molecule is CCCCCCCOCCOCCOCCOCCOCCOC. The second-order valence-corrected chi connectivity index (χ2v) is 5.47. The second-order valence-electron chi connectivity index (χ2n) is 5.47. The topological polar surface area (TPSA) is 55.4 Å². The van der Waals surface area contributed by atoms with Crippen LogP contribution in [0.15, 0.2) is 0 Å². The van der Waals surface area contributed by atoms with E-state index < -0.39 is 0 Å². The van der Waals surface area contributed by atoms with Crippen molar-refractivity contribution in [3.63, 3.8) is 0 Å². The molecule has 0 aromatic carbocycles. The summed E-state index contributed by atoms with van der Waals surface area (Å²) in [5.41, 5.74) is 0. The minimum atomic E-state index is 0.578. The minimum Gasteiger partial charge on any atom is -0.382 e. The van der Waals surface area contributed by atoms with Crippen molar-refractivity contribution < 1.29 is 28.4 Å². The Kier molecular flexibility index (Phi) is 22.5. The number of hydrogen-bond acceptors (Lipinski definition) is 6. The predicted molar refractivity (Wildman–Crippen MR) is 94.7 cm³/mol. The Bertz CT molecular complexity index is 194. The summed E-state index contributed by atoms with van der Waals surface area (Å²) in [7, 11) is 1.66. The van der Waals surface area contributed by atoms with Crippen molar-refractivity contribution in [2.45, 2.75) is 39.0 Å². The number of hydrogen-bond donors (Lipinski definition) is 0. The van der Waals surface area contributed by atoms with Crippen molar-refractivity contribution in [2.24, 2.45) is 0 Å². The van der Waals surface area contributed by atoms with E-state index in [-0.39, 0.29) is 0 Å². The molecular weight excluding hydrogens is 312 g/mol. The molecule has 0 saturated carbocycles. The van der Waals surface area contributed by atoms with Gasteiger partial charge in [-0.3, -0.25) is 0 Å². The van der Waals surface area contributed by atoms with Crippen LogP contribution in [0.3, 0.4) is 0 Å². The van der Waals surface area contributed by atoms with Gasteiger partial charge < -0.3 is 28.4 Å². The lowest BCUT2D eigenvalue weighted by Crippen LogP contribution is -2.14. The fourth-order valence-electron chi connectivity index (χ4n) is 1.93. The highest BCUT2D eigenvalue weighted by molar-refractivity contribution is 4.42. The molecule has 0 aliphatic carbocycles. The monoisotopic (exact) mass is 350 g/mol. The first-order valence-electron chi connectivity index (χ1n) is 9.29.